The van der Waals surface area contributed by atoms with E-state index >= 15 is 0 Å². The Morgan fingerprint density at radius 1 is 1.05 bits per heavy atom. The Balaban J connectivity index is 2.21. The van der Waals surface area contributed by atoms with Crippen LogP contribution in [0.4, 0.5) is 11.4 Å². The van der Waals surface area contributed by atoms with Gasteiger partial charge in [-0.1, -0.05) is 30.3 Å². The number of anilines is 1. The van der Waals surface area contributed by atoms with Crippen LogP contribution >= 0.6 is 0 Å². The van der Waals surface area contributed by atoms with Crippen LogP contribution in [0.15, 0.2) is 54.6 Å². The molecular formula is C15H11N3O2. The summed E-state index contributed by atoms with van der Waals surface area (Å²) in [5.74, 6) is 0. The maximum Gasteiger partial charge on any atom is 0.270 e. The van der Waals surface area contributed by atoms with Crippen molar-refractivity contribution in [1.29, 1.82) is 0 Å². The van der Waals surface area contributed by atoms with Gasteiger partial charge in [0.1, 0.15) is 0 Å². The number of aromatic nitrogens is 1. The molecule has 3 aromatic rings. The molecule has 0 aliphatic heterocycles. The normalized spacial score (nSPS) is 10.6. The van der Waals surface area contributed by atoms with Crippen molar-refractivity contribution in [1.82, 2.24) is 4.98 Å². The van der Waals surface area contributed by atoms with E-state index in [1.54, 1.807) is 12.1 Å². The number of hydrogen-bond acceptors (Lipinski definition) is 4. The molecule has 1 aromatic heterocycles. The predicted octanol–water partition coefficient (Wildman–Crippen LogP) is 3.39. The number of non-ortho nitro benzene ring substituents is 1. The summed E-state index contributed by atoms with van der Waals surface area (Å²) in [6.45, 7) is 0. The zero-order valence-electron chi connectivity index (χ0n) is 10.5. The number of nitrogens with zero attached hydrogens (tertiary/aromatic N) is 2. The molecule has 2 aromatic carbocycles. The molecule has 5 nitrogen and oxygen atoms in total. The Morgan fingerprint density at radius 3 is 2.50 bits per heavy atom. The Hall–Kier alpha value is -2.95. The van der Waals surface area contributed by atoms with Gasteiger partial charge >= 0.3 is 0 Å². The van der Waals surface area contributed by atoms with Crippen molar-refractivity contribution in [3.05, 3.63) is 64.7 Å². The van der Waals surface area contributed by atoms with Crippen LogP contribution in [-0.4, -0.2) is 9.91 Å². The number of pyridine rings is 1. The molecule has 3 rings (SSSR count). The number of nitro groups is 1. The number of fused-ring (bicyclic) bond motifs is 1. The molecule has 0 aliphatic carbocycles. The first-order valence-corrected chi connectivity index (χ1v) is 6.05. The molecule has 0 saturated heterocycles. The van der Waals surface area contributed by atoms with Crippen molar-refractivity contribution < 1.29 is 4.92 Å². The fraction of sp³-hybridized carbons (Fsp3) is 0. The average molecular weight is 265 g/mol. The average Bonchev–Trinajstić information content (AvgIpc) is 2.47. The Kier molecular flexibility index (Phi) is 2.80. The summed E-state index contributed by atoms with van der Waals surface area (Å²) in [5, 5.41) is 11.4. The largest absolute Gasteiger partial charge is 0.398 e. The molecule has 2 N–H and O–H groups in total. The van der Waals surface area contributed by atoms with Crippen molar-refractivity contribution in [3.63, 3.8) is 0 Å². The molecule has 0 spiro atoms. The number of nitro benzene ring substituents is 1. The molecule has 0 aliphatic rings. The summed E-state index contributed by atoms with van der Waals surface area (Å²) in [6, 6.07) is 15.9. The predicted molar refractivity (Wildman–Crippen MR) is 78.2 cm³/mol. The van der Waals surface area contributed by atoms with Crippen LogP contribution in [-0.2, 0) is 0 Å². The lowest BCUT2D eigenvalue weighted by Crippen LogP contribution is -1.94. The lowest BCUT2D eigenvalue weighted by molar-refractivity contribution is -0.384. The number of nitrogens with two attached hydrogens (primary N) is 1. The van der Waals surface area contributed by atoms with E-state index in [4.69, 9.17) is 5.73 Å². The van der Waals surface area contributed by atoms with Crippen LogP contribution in [0.3, 0.4) is 0 Å². The van der Waals surface area contributed by atoms with Crippen LogP contribution in [0.5, 0.6) is 0 Å². The maximum absolute atomic E-state index is 10.8. The van der Waals surface area contributed by atoms with E-state index in [0.29, 0.717) is 16.6 Å². The van der Waals surface area contributed by atoms with E-state index in [2.05, 4.69) is 4.98 Å². The van der Waals surface area contributed by atoms with Crippen molar-refractivity contribution in [2.45, 2.75) is 0 Å². The highest BCUT2D eigenvalue weighted by atomic mass is 16.6. The van der Waals surface area contributed by atoms with Crippen LogP contribution in [0.25, 0.3) is 22.2 Å². The van der Waals surface area contributed by atoms with E-state index in [1.165, 1.54) is 12.1 Å². The van der Waals surface area contributed by atoms with E-state index in [0.717, 1.165) is 11.3 Å². The minimum Gasteiger partial charge on any atom is -0.398 e. The smallest absolute Gasteiger partial charge is 0.270 e. The maximum atomic E-state index is 10.8. The topological polar surface area (TPSA) is 82.0 Å². The van der Waals surface area contributed by atoms with Crippen LogP contribution in [0.1, 0.15) is 0 Å². The summed E-state index contributed by atoms with van der Waals surface area (Å²) >= 11 is 0. The highest BCUT2D eigenvalue weighted by molar-refractivity contribution is 5.94. The minimum absolute atomic E-state index is 0.0125. The van der Waals surface area contributed by atoms with Crippen molar-refractivity contribution in [3.8, 4) is 11.3 Å². The van der Waals surface area contributed by atoms with Gasteiger partial charge in [-0.05, 0) is 12.1 Å². The third-order valence-electron chi connectivity index (χ3n) is 3.10. The van der Waals surface area contributed by atoms with Gasteiger partial charge in [-0.15, -0.1) is 0 Å². The molecule has 0 saturated carbocycles. The van der Waals surface area contributed by atoms with Crippen molar-refractivity contribution in [2.75, 3.05) is 5.73 Å². The summed E-state index contributed by atoms with van der Waals surface area (Å²) < 4.78 is 0. The Bertz CT molecular complexity index is 801. The number of hydrogen-bond donors (Lipinski definition) is 1. The van der Waals surface area contributed by atoms with E-state index in [1.807, 2.05) is 30.3 Å². The molecular weight excluding hydrogens is 254 g/mol. The SMILES string of the molecule is Nc1cc(-c2ccccc2)nc2ccc([N+](=O)[O-])cc12. The van der Waals surface area contributed by atoms with E-state index < -0.39 is 4.92 Å². The van der Waals surface area contributed by atoms with Crippen LogP contribution in [0, 0.1) is 10.1 Å². The summed E-state index contributed by atoms with van der Waals surface area (Å²) in [4.78, 5) is 14.9. The Labute approximate surface area is 114 Å². The second-order valence-corrected chi connectivity index (χ2v) is 4.42. The van der Waals surface area contributed by atoms with Gasteiger partial charge in [0, 0.05) is 28.8 Å². The first-order chi connectivity index (χ1) is 9.65. The second kappa shape index (κ2) is 4.62. The Morgan fingerprint density at radius 2 is 1.80 bits per heavy atom. The second-order valence-electron chi connectivity index (χ2n) is 4.42. The number of rotatable bonds is 2. The fourth-order valence-electron chi connectivity index (χ4n) is 2.11. The van der Waals surface area contributed by atoms with Crippen LogP contribution in [0.2, 0.25) is 0 Å². The molecule has 0 amide bonds. The first kappa shape index (κ1) is 12.1. The quantitative estimate of drug-likeness (QED) is 0.568. The third-order valence-corrected chi connectivity index (χ3v) is 3.10. The summed E-state index contributed by atoms with van der Waals surface area (Å²) in [7, 11) is 0. The molecule has 5 heteroatoms. The zero-order valence-corrected chi connectivity index (χ0v) is 10.5. The van der Waals surface area contributed by atoms with Gasteiger partial charge in [-0.25, -0.2) is 4.98 Å². The van der Waals surface area contributed by atoms with Gasteiger partial charge in [-0.3, -0.25) is 10.1 Å². The lowest BCUT2D eigenvalue weighted by atomic mass is 10.1. The standard InChI is InChI=1S/C15H11N3O2/c16-13-9-15(10-4-2-1-3-5-10)17-14-7-6-11(18(19)20)8-12(13)14/h1-9H,(H2,16,17). The van der Waals surface area contributed by atoms with Gasteiger partial charge in [0.25, 0.3) is 5.69 Å². The van der Waals surface area contributed by atoms with E-state index in [-0.39, 0.29) is 5.69 Å². The van der Waals surface area contributed by atoms with Crippen molar-refractivity contribution >= 4 is 22.3 Å². The molecule has 0 radical (unpaired) electrons. The van der Waals surface area contributed by atoms with Crippen LogP contribution < -0.4 is 5.73 Å². The highest BCUT2D eigenvalue weighted by Crippen LogP contribution is 2.28. The minimum atomic E-state index is -0.440. The summed E-state index contributed by atoms with van der Waals surface area (Å²) in [5.41, 5.74) is 8.86. The lowest BCUT2D eigenvalue weighted by Gasteiger charge is -2.06. The molecule has 0 bridgehead atoms. The highest BCUT2D eigenvalue weighted by Gasteiger charge is 2.10. The van der Waals surface area contributed by atoms with Gasteiger partial charge in [-0.2, -0.15) is 0 Å². The first-order valence-electron chi connectivity index (χ1n) is 6.05. The monoisotopic (exact) mass is 265 g/mol. The van der Waals surface area contributed by atoms with Gasteiger partial charge in [0.05, 0.1) is 16.1 Å². The molecule has 0 fully saturated rings. The third kappa shape index (κ3) is 2.05. The number of nitrogen functional groups attached to an aromatic ring is 1. The number of benzene rings is 2. The molecule has 20 heavy (non-hydrogen) atoms. The van der Waals surface area contributed by atoms with Crippen molar-refractivity contribution in [2.24, 2.45) is 0 Å². The van der Waals surface area contributed by atoms with Gasteiger partial charge in [0.2, 0.25) is 0 Å². The molecule has 0 atom stereocenters. The fourth-order valence-corrected chi connectivity index (χ4v) is 2.11. The zero-order chi connectivity index (χ0) is 14.1. The molecule has 98 valence electrons. The van der Waals surface area contributed by atoms with Gasteiger partial charge in [0.15, 0.2) is 0 Å². The molecule has 1 heterocycles. The molecule has 0 unspecified atom stereocenters. The van der Waals surface area contributed by atoms with E-state index in [9.17, 15) is 10.1 Å². The summed E-state index contributed by atoms with van der Waals surface area (Å²) in [6.07, 6.45) is 0. The van der Waals surface area contributed by atoms with Gasteiger partial charge < -0.3 is 5.73 Å².